The van der Waals surface area contributed by atoms with Crippen molar-refractivity contribution in [3.8, 4) is 28.9 Å². The predicted octanol–water partition coefficient (Wildman–Crippen LogP) is 3.77. The minimum Gasteiger partial charge on any atom is -0.497 e. The summed E-state index contributed by atoms with van der Waals surface area (Å²) < 4.78 is 27.3. The summed E-state index contributed by atoms with van der Waals surface area (Å²) in [5, 5.41) is 0.933. The van der Waals surface area contributed by atoms with Gasteiger partial charge in [-0.05, 0) is 24.3 Å². The maximum absolute atomic E-state index is 12.1. The van der Waals surface area contributed by atoms with Crippen LogP contribution in [-0.4, -0.2) is 32.0 Å². The van der Waals surface area contributed by atoms with Crippen LogP contribution in [0.15, 0.2) is 36.4 Å². The molecule has 0 spiro atoms. The second-order valence-electron chi connectivity index (χ2n) is 6.62. The maximum Gasteiger partial charge on any atom is 0.306 e. The highest BCUT2D eigenvalue weighted by molar-refractivity contribution is 5.83. The van der Waals surface area contributed by atoms with Crippen LogP contribution in [0, 0.1) is 0 Å². The van der Waals surface area contributed by atoms with E-state index >= 15 is 0 Å². The number of pyridine rings is 1. The van der Waals surface area contributed by atoms with E-state index in [2.05, 4.69) is 4.98 Å². The second-order valence-corrected chi connectivity index (χ2v) is 6.62. The zero-order valence-corrected chi connectivity index (χ0v) is 15.4. The number of carbonyl (C=O) groups excluding carboxylic acids is 1. The molecule has 28 heavy (non-hydrogen) atoms. The van der Waals surface area contributed by atoms with Crippen LogP contribution >= 0.6 is 0 Å². The molecule has 0 N–H and O–H groups in total. The van der Waals surface area contributed by atoms with Crippen LogP contribution in [0.3, 0.4) is 0 Å². The Labute approximate surface area is 160 Å². The third-order valence-corrected chi connectivity index (χ3v) is 5.08. The number of fused-ring (bicyclic) bond motifs is 4. The zero-order valence-electron chi connectivity index (χ0n) is 15.4. The average Bonchev–Trinajstić information content (AvgIpc) is 3.17. The number of methoxy groups -OCH3 is 2. The Balaban J connectivity index is 1.69. The molecule has 0 saturated heterocycles. The molecule has 3 heterocycles. The SMILES string of the molecule is COC(=O)C[C@H]1c2cc3c(cc2Oc2nc4cc(OC)ccc4cc21)OCO3. The molecule has 0 amide bonds. The lowest BCUT2D eigenvalue weighted by Gasteiger charge is -2.27. The third kappa shape index (κ3) is 2.58. The normalized spacial score (nSPS) is 16.1. The van der Waals surface area contributed by atoms with Gasteiger partial charge in [-0.2, -0.15) is 0 Å². The van der Waals surface area contributed by atoms with E-state index in [0.29, 0.717) is 28.9 Å². The maximum atomic E-state index is 12.1. The Kier molecular flexibility index (Phi) is 3.75. The number of nitrogens with zero attached hydrogens (tertiary/aromatic N) is 1. The van der Waals surface area contributed by atoms with Crippen LogP contribution in [0.5, 0.6) is 28.9 Å². The standard InChI is InChI=1S/C21H17NO6/c1-24-12-4-3-11-5-15-13(8-20(23)25-2)14-7-18-19(27-10-26-18)9-17(14)28-21(15)22-16(11)6-12/h3-7,9,13H,8,10H2,1-2H3/t13-/m0/s1. The third-order valence-electron chi connectivity index (χ3n) is 5.08. The highest BCUT2D eigenvalue weighted by Crippen LogP contribution is 2.50. The van der Waals surface area contributed by atoms with Gasteiger partial charge in [-0.25, -0.2) is 4.98 Å². The van der Waals surface area contributed by atoms with Crippen molar-refractivity contribution in [1.29, 1.82) is 0 Å². The van der Waals surface area contributed by atoms with Gasteiger partial charge in [-0.15, -0.1) is 0 Å². The molecule has 0 bridgehead atoms. The average molecular weight is 379 g/mol. The first kappa shape index (κ1) is 16.7. The van der Waals surface area contributed by atoms with Crippen molar-refractivity contribution in [2.24, 2.45) is 0 Å². The van der Waals surface area contributed by atoms with E-state index in [1.807, 2.05) is 30.3 Å². The molecule has 1 aromatic heterocycles. The molecule has 1 atom stereocenters. The molecule has 0 unspecified atom stereocenters. The molecular weight excluding hydrogens is 362 g/mol. The van der Waals surface area contributed by atoms with Crippen molar-refractivity contribution in [3.05, 3.63) is 47.5 Å². The number of hydrogen-bond donors (Lipinski definition) is 0. The Bertz CT molecular complexity index is 1110. The second kappa shape index (κ2) is 6.30. The number of esters is 1. The first-order valence-electron chi connectivity index (χ1n) is 8.83. The van der Waals surface area contributed by atoms with Crippen LogP contribution in [0.4, 0.5) is 0 Å². The Hall–Kier alpha value is -3.48. The van der Waals surface area contributed by atoms with Gasteiger partial charge >= 0.3 is 5.97 Å². The van der Waals surface area contributed by atoms with E-state index < -0.39 is 0 Å². The van der Waals surface area contributed by atoms with E-state index in [9.17, 15) is 4.79 Å². The van der Waals surface area contributed by atoms with E-state index in [1.54, 1.807) is 13.2 Å². The van der Waals surface area contributed by atoms with Gasteiger partial charge in [0.15, 0.2) is 11.5 Å². The monoisotopic (exact) mass is 379 g/mol. The first-order chi connectivity index (χ1) is 13.7. The molecular formula is C21H17NO6. The molecule has 0 fully saturated rings. The highest BCUT2D eigenvalue weighted by atomic mass is 16.7. The number of aromatic nitrogens is 1. The van der Waals surface area contributed by atoms with Crippen molar-refractivity contribution in [2.75, 3.05) is 21.0 Å². The molecule has 0 saturated carbocycles. The molecule has 2 aliphatic rings. The molecule has 5 rings (SSSR count). The van der Waals surface area contributed by atoms with Crippen LogP contribution in [0.1, 0.15) is 23.5 Å². The Morgan fingerprint density at radius 2 is 1.89 bits per heavy atom. The number of benzene rings is 2. The van der Waals surface area contributed by atoms with Crippen molar-refractivity contribution in [1.82, 2.24) is 4.98 Å². The van der Waals surface area contributed by atoms with Gasteiger partial charge in [0.1, 0.15) is 11.5 Å². The van der Waals surface area contributed by atoms with Gasteiger partial charge < -0.3 is 23.7 Å². The fourth-order valence-electron chi connectivity index (χ4n) is 3.65. The van der Waals surface area contributed by atoms with Gasteiger partial charge in [0.05, 0.1) is 26.2 Å². The van der Waals surface area contributed by atoms with Gasteiger partial charge in [0.25, 0.3) is 0 Å². The largest absolute Gasteiger partial charge is 0.497 e. The van der Waals surface area contributed by atoms with E-state index in [0.717, 1.165) is 22.0 Å². The van der Waals surface area contributed by atoms with E-state index in [-0.39, 0.29) is 25.1 Å². The van der Waals surface area contributed by atoms with E-state index in [4.69, 9.17) is 23.7 Å². The summed E-state index contributed by atoms with van der Waals surface area (Å²) in [6.07, 6.45) is 0.169. The number of carbonyl (C=O) groups is 1. The lowest BCUT2D eigenvalue weighted by Crippen LogP contribution is -2.16. The van der Waals surface area contributed by atoms with Crippen molar-refractivity contribution in [2.45, 2.75) is 12.3 Å². The predicted molar refractivity (Wildman–Crippen MR) is 99.4 cm³/mol. The lowest BCUT2D eigenvalue weighted by atomic mass is 9.86. The summed E-state index contributed by atoms with van der Waals surface area (Å²) in [6.45, 7) is 0.161. The van der Waals surface area contributed by atoms with Crippen LogP contribution in [0.25, 0.3) is 10.9 Å². The minimum absolute atomic E-state index is 0.161. The molecule has 142 valence electrons. The summed E-state index contributed by atoms with van der Waals surface area (Å²) >= 11 is 0. The quantitative estimate of drug-likeness (QED) is 0.641. The Morgan fingerprint density at radius 1 is 1.07 bits per heavy atom. The summed E-state index contributed by atoms with van der Waals surface area (Å²) in [4.78, 5) is 16.8. The van der Waals surface area contributed by atoms with Gasteiger partial charge in [-0.3, -0.25) is 4.79 Å². The molecule has 3 aromatic rings. The fourth-order valence-corrected chi connectivity index (χ4v) is 3.65. The summed E-state index contributed by atoms with van der Waals surface area (Å²) in [7, 11) is 3.00. The molecule has 7 nitrogen and oxygen atoms in total. The number of ether oxygens (including phenoxy) is 5. The smallest absolute Gasteiger partial charge is 0.306 e. The zero-order chi connectivity index (χ0) is 19.3. The fraction of sp³-hybridized carbons (Fsp3) is 0.238. The molecule has 0 aliphatic carbocycles. The number of rotatable bonds is 3. The summed E-state index contributed by atoms with van der Waals surface area (Å²) in [5.74, 6) is 2.45. The lowest BCUT2D eigenvalue weighted by molar-refractivity contribution is -0.140. The molecule has 2 aromatic carbocycles. The van der Waals surface area contributed by atoms with Crippen LogP contribution in [0.2, 0.25) is 0 Å². The molecule has 2 aliphatic heterocycles. The highest BCUT2D eigenvalue weighted by Gasteiger charge is 2.33. The van der Waals surface area contributed by atoms with Crippen molar-refractivity contribution < 1.29 is 28.5 Å². The van der Waals surface area contributed by atoms with Gasteiger partial charge in [0, 0.05) is 34.6 Å². The van der Waals surface area contributed by atoms with Crippen molar-refractivity contribution in [3.63, 3.8) is 0 Å². The summed E-state index contributed by atoms with van der Waals surface area (Å²) in [5.41, 5.74) is 2.42. The summed E-state index contributed by atoms with van der Waals surface area (Å²) in [6, 6.07) is 11.3. The van der Waals surface area contributed by atoms with Gasteiger partial charge in [-0.1, -0.05) is 0 Å². The van der Waals surface area contributed by atoms with Crippen LogP contribution in [-0.2, 0) is 9.53 Å². The van der Waals surface area contributed by atoms with Gasteiger partial charge in [0.2, 0.25) is 12.7 Å². The van der Waals surface area contributed by atoms with E-state index in [1.165, 1.54) is 7.11 Å². The van der Waals surface area contributed by atoms with Crippen LogP contribution < -0.4 is 18.9 Å². The first-order valence-corrected chi connectivity index (χ1v) is 8.83. The topological polar surface area (TPSA) is 76.1 Å². The Morgan fingerprint density at radius 3 is 2.68 bits per heavy atom. The number of hydrogen-bond acceptors (Lipinski definition) is 7. The molecule has 0 radical (unpaired) electrons. The molecule has 7 heteroatoms. The minimum atomic E-state index is -0.309. The van der Waals surface area contributed by atoms with Crippen molar-refractivity contribution >= 4 is 16.9 Å².